The van der Waals surface area contributed by atoms with E-state index in [1.165, 1.54) is 54.4 Å². The van der Waals surface area contributed by atoms with Gasteiger partial charge in [-0.25, -0.2) is 0 Å². The second-order valence-corrected chi connectivity index (χ2v) is 10.5. The number of nitrogens with zero attached hydrogens (tertiary/aromatic N) is 1. The van der Waals surface area contributed by atoms with E-state index in [2.05, 4.69) is 60.6 Å². The van der Waals surface area contributed by atoms with E-state index in [0.717, 1.165) is 30.2 Å². The summed E-state index contributed by atoms with van der Waals surface area (Å²) in [5.74, 6) is 3.52. The van der Waals surface area contributed by atoms with E-state index >= 15 is 0 Å². The van der Waals surface area contributed by atoms with Crippen LogP contribution < -0.4 is 5.32 Å². The fourth-order valence-corrected chi connectivity index (χ4v) is 7.21. The number of hydrogen-bond donors (Lipinski definition) is 1. The fourth-order valence-electron chi connectivity index (χ4n) is 5.90. The van der Waals surface area contributed by atoms with Gasteiger partial charge >= 0.3 is 0 Å². The van der Waals surface area contributed by atoms with Gasteiger partial charge in [0.2, 0.25) is 0 Å². The molecule has 1 aromatic heterocycles. The highest BCUT2D eigenvalue weighted by atomic mass is 32.1. The summed E-state index contributed by atoms with van der Waals surface area (Å²) in [6, 6.07) is 7.84. The van der Waals surface area contributed by atoms with Crippen molar-refractivity contribution in [2.45, 2.75) is 51.5 Å². The topological polar surface area (TPSA) is 15.3 Å². The summed E-state index contributed by atoms with van der Waals surface area (Å²) in [6.07, 6.45) is 5.46. The van der Waals surface area contributed by atoms with E-state index in [-0.39, 0.29) is 0 Å². The molecule has 0 bridgehead atoms. The number of likely N-dealkylation sites (tertiary alicyclic amines) is 1. The van der Waals surface area contributed by atoms with Gasteiger partial charge in [0.15, 0.2) is 0 Å². The number of thiophene rings is 1. The van der Waals surface area contributed by atoms with Crippen molar-refractivity contribution >= 4 is 21.4 Å². The molecule has 2 aliphatic heterocycles. The van der Waals surface area contributed by atoms with Crippen LogP contribution in [0.25, 0.3) is 10.1 Å². The average Bonchev–Trinajstić information content (AvgIpc) is 3.26. The maximum absolute atomic E-state index is 3.76. The Kier molecular flexibility index (Phi) is 4.38. The predicted molar refractivity (Wildman–Crippen MR) is 112 cm³/mol. The zero-order chi connectivity index (χ0) is 17.8. The first-order valence-electron chi connectivity index (χ1n) is 10.5. The molecule has 3 fully saturated rings. The Morgan fingerprint density at radius 1 is 1.12 bits per heavy atom. The van der Waals surface area contributed by atoms with Gasteiger partial charge in [-0.2, -0.15) is 0 Å². The van der Waals surface area contributed by atoms with Crippen LogP contribution >= 0.6 is 11.3 Å². The van der Waals surface area contributed by atoms with Gasteiger partial charge in [-0.3, -0.25) is 0 Å². The standard InChI is InChI=1S/C23H32N2S/c1-14-4-6-21(24-11-14)16-5-7-22-20(10-16)15(2)23(26-22)17-8-18-12-25(3)13-19(18)9-17/h5,7,10,14,17-19,21,24H,4,6,8-9,11-13H2,1-3H3/t14-,17?,18-,19+,21+/m0/s1. The molecule has 2 aromatic rings. The Balaban J connectivity index is 1.41. The molecule has 3 heterocycles. The SMILES string of the molecule is Cc1c(C2C[C@@H]3CN(C)C[C@@H]3C2)sc2ccc([C@H]3CC[C@H](C)CN3)cc12. The first kappa shape index (κ1) is 17.2. The average molecular weight is 369 g/mol. The summed E-state index contributed by atoms with van der Waals surface area (Å²) in [5.41, 5.74) is 3.08. The number of nitrogens with one attached hydrogen (secondary N) is 1. The summed E-state index contributed by atoms with van der Waals surface area (Å²) in [4.78, 5) is 4.23. The zero-order valence-electron chi connectivity index (χ0n) is 16.4. The van der Waals surface area contributed by atoms with Crippen molar-refractivity contribution in [1.29, 1.82) is 0 Å². The molecule has 140 valence electrons. The van der Waals surface area contributed by atoms with Gasteiger partial charge in [-0.05, 0) is 98.5 Å². The lowest BCUT2D eigenvalue weighted by Crippen LogP contribution is -2.31. The molecule has 1 N–H and O–H groups in total. The van der Waals surface area contributed by atoms with Crippen molar-refractivity contribution in [3.63, 3.8) is 0 Å². The normalized spacial score (nSPS) is 35.3. The first-order valence-corrected chi connectivity index (χ1v) is 11.3. The minimum atomic E-state index is 0.555. The molecule has 5 atom stereocenters. The maximum atomic E-state index is 3.76. The Morgan fingerprint density at radius 3 is 2.58 bits per heavy atom. The Labute approximate surface area is 162 Å². The van der Waals surface area contributed by atoms with Crippen molar-refractivity contribution < 1.29 is 0 Å². The van der Waals surface area contributed by atoms with E-state index in [9.17, 15) is 0 Å². The van der Waals surface area contributed by atoms with Crippen molar-refractivity contribution in [3.05, 3.63) is 34.2 Å². The molecule has 0 radical (unpaired) electrons. The summed E-state index contributed by atoms with van der Waals surface area (Å²) < 4.78 is 1.50. The Bertz CT molecular complexity index is 788. The molecular formula is C23H32N2S. The van der Waals surface area contributed by atoms with Crippen LogP contribution in [0.2, 0.25) is 0 Å². The molecule has 1 aromatic carbocycles. The third-order valence-corrected chi connectivity index (χ3v) is 8.80. The van der Waals surface area contributed by atoms with Crippen LogP contribution in [-0.4, -0.2) is 31.6 Å². The van der Waals surface area contributed by atoms with Crippen LogP contribution in [0.15, 0.2) is 18.2 Å². The van der Waals surface area contributed by atoms with Crippen molar-refractivity contribution in [3.8, 4) is 0 Å². The molecule has 1 saturated carbocycles. The third-order valence-electron chi connectivity index (χ3n) is 7.36. The molecular weight excluding hydrogens is 336 g/mol. The van der Waals surface area contributed by atoms with Gasteiger partial charge in [0.05, 0.1) is 0 Å². The Hall–Kier alpha value is -0.900. The second-order valence-electron chi connectivity index (χ2n) is 9.40. The molecule has 3 heteroatoms. The molecule has 0 spiro atoms. The van der Waals surface area contributed by atoms with Crippen molar-refractivity contribution in [1.82, 2.24) is 10.2 Å². The number of fused-ring (bicyclic) bond motifs is 2. The number of aryl methyl sites for hydroxylation is 1. The second kappa shape index (κ2) is 6.61. The van der Waals surface area contributed by atoms with Crippen LogP contribution in [0.3, 0.4) is 0 Å². The quantitative estimate of drug-likeness (QED) is 0.771. The third kappa shape index (κ3) is 2.93. The van der Waals surface area contributed by atoms with Gasteiger partial charge < -0.3 is 10.2 Å². The first-order chi connectivity index (χ1) is 12.6. The van der Waals surface area contributed by atoms with Crippen molar-refractivity contribution in [2.75, 3.05) is 26.7 Å². The van der Waals surface area contributed by atoms with Gasteiger partial charge in [0.1, 0.15) is 0 Å². The fraction of sp³-hybridized carbons (Fsp3) is 0.652. The number of benzene rings is 1. The van der Waals surface area contributed by atoms with E-state index in [4.69, 9.17) is 0 Å². The summed E-state index contributed by atoms with van der Waals surface area (Å²) in [6.45, 7) is 8.54. The minimum Gasteiger partial charge on any atom is -0.310 e. The van der Waals surface area contributed by atoms with E-state index in [1.54, 1.807) is 10.4 Å². The smallest absolute Gasteiger partial charge is 0.0348 e. The summed E-state index contributed by atoms with van der Waals surface area (Å²) in [5, 5.41) is 5.29. The van der Waals surface area contributed by atoms with E-state index in [1.807, 2.05) is 0 Å². The molecule has 1 unspecified atom stereocenters. The number of piperidine rings is 1. The largest absolute Gasteiger partial charge is 0.310 e. The monoisotopic (exact) mass is 368 g/mol. The van der Waals surface area contributed by atoms with E-state index < -0.39 is 0 Å². The minimum absolute atomic E-state index is 0.555. The predicted octanol–water partition coefficient (Wildman–Crippen LogP) is 5.33. The molecule has 26 heavy (non-hydrogen) atoms. The molecule has 3 aliphatic rings. The highest BCUT2D eigenvalue weighted by molar-refractivity contribution is 7.19. The van der Waals surface area contributed by atoms with Gasteiger partial charge in [0, 0.05) is 28.7 Å². The molecule has 2 saturated heterocycles. The Morgan fingerprint density at radius 2 is 1.88 bits per heavy atom. The van der Waals surface area contributed by atoms with Gasteiger partial charge in [-0.1, -0.05) is 13.0 Å². The number of hydrogen-bond acceptors (Lipinski definition) is 3. The molecule has 2 nitrogen and oxygen atoms in total. The summed E-state index contributed by atoms with van der Waals surface area (Å²) in [7, 11) is 2.29. The van der Waals surface area contributed by atoms with Gasteiger partial charge in [-0.15, -0.1) is 11.3 Å². The van der Waals surface area contributed by atoms with Crippen LogP contribution in [0.5, 0.6) is 0 Å². The zero-order valence-corrected chi connectivity index (χ0v) is 17.2. The lowest BCUT2D eigenvalue weighted by atomic mass is 9.91. The van der Waals surface area contributed by atoms with Crippen LogP contribution in [0.4, 0.5) is 0 Å². The molecule has 0 amide bonds. The van der Waals surface area contributed by atoms with Crippen LogP contribution in [0.1, 0.15) is 60.6 Å². The highest BCUT2D eigenvalue weighted by Crippen LogP contribution is 2.50. The van der Waals surface area contributed by atoms with Crippen LogP contribution in [-0.2, 0) is 0 Å². The number of rotatable bonds is 2. The lowest BCUT2D eigenvalue weighted by Gasteiger charge is -2.28. The van der Waals surface area contributed by atoms with Gasteiger partial charge in [0.25, 0.3) is 0 Å². The molecule has 5 rings (SSSR count). The van der Waals surface area contributed by atoms with Crippen LogP contribution in [0, 0.1) is 24.7 Å². The maximum Gasteiger partial charge on any atom is 0.0348 e. The van der Waals surface area contributed by atoms with E-state index in [0.29, 0.717) is 6.04 Å². The van der Waals surface area contributed by atoms with Crippen molar-refractivity contribution in [2.24, 2.45) is 17.8 Å². The molecule has 1 aliphatic carbocycles. The summed E-state index contributed by atoms with van der Waals surface area (Å²) >= 11 is 2.08. The highest BCUT2D eigenvalue weighted by Gasteiger charge is 2.41. The lowest BCUT2D eigenvalue weighted by molar-refractivity contribution is 0.333.